The van der Waals surface area contributed by atoms with Gasteiger partial charge >= 0.3 is 0 Å². The molecule has 1 amide bonds. The number of aryl methyl sites for hydroxylation is 1. The second kappa shape index (κ2) is 10.3. The Kier molecular flexibility index (Phi) is 6.88. The first-order valence-electron chi connectivity index (χ1n) is 13.8. The van der Waals surface area contributed by atoms with Crippen LogP contribution in [0.2, 0.25) is 0 Å². The fraction of sp³-hybridized carbons (Fsp3) is 0.533. The second-order valence-corrected chi connectivity index (χ2v) is 11.2. The standard InChI is InChI=1S/C30H36N4O7/c1-14-7-17-8-19-21(10-31)34-20(25(33(19)4)23(17)29(27(14)38-6)39-12-37-5)9-18-24(22(34)11-32-16(3)35)30-28(40-13-41-30)15(2)26(18)36/h7,19-22,25,36H,8-9,11-13H2,1-6H3,(H,32,35)/t19-,20?,21+,22?,25+/m1/s1. The predicted octanol–water partition coefficient (Wildman–Crippen LogP) is 2.64. The molecule has 2 bridgehead atoms. The number of nitrogens with zero attached hydrogens (tertiary/aromatic N) is 3. The maximum absolute atomic E-state index is 12.2. The number of nitrogens with one attached hydrogen (secondary N) is 1. The van der Waals surface area contributed by atoms with Gasteiger partial charge in [-0.25, -0.2) is 0 Å². The average molecular weight is 565 g/mol. The van der Waals surface area contributed by atoms with Crippen molar-refractivity contribution in [1.82, 2.24) is 15.1 Å². The molecule has 2 N–H and O–H groups in total. The normalized spacial score (nSPS) is 25.9. The monoisotopic (exact) mass is 564 g/mol. The Labute approximate surface area is 239 Å². The average Bonchev–Trinajstić information content (AvgIpc) is 3.43. The summed E-state index contributed by atoms with van der Waals surface area (Å²) in [5.41, 5.74) is 5.19. The fourth-order valence-electron chi connectivity index (χ4n) is 7.52. The molecule has 2 aromatic rings. The van der Waals surface area contributed by atoms with Gasteiger partial charge in [0.05, 0.1) is 25.3 Å². The molecule has 4 heterocycles. The molecule has 4 aliphatic rings. The van der Waals surface area contributed by atoms with E-state index in [2.05, 4.69) is 34.3 Å². The van der Waals surface area contributed by atoms with E-state index in [1.807, 2.05) is 13.8 Å². The topological polar surface area (TPSA) is 126 Å². The van der Waals surface area contributed by atoms with E-state index in [1.54, 1.807) is 14.2 Å². The molecule has 0 aromatic heterocycles. The number of benzene rings is 2. The number of methoxy groups -OCH3 is 2. The number of amides is 1. The number of aromatic hydroxyl groups is 1. The molecule has 0 aliphatic carbocycles. The van der Waals surface area contributed by atoms with Crippen LogP contribution in [-0.2, 0) is 22.4 Å². The number of ether oxygens (including phenoxy) is 5. The number of hydrogen-bond donors (Lipinski definition) is 2. The number of rotatable bonds is 6. The van der Waals surface area contributed by atoms with Gasteiger partial charge in [0, 0.05) is 54.9 Å². The summed E-state index contributed by atoms with van der Waals surface area (Å²) in [5.74, 6) is 2.34. The van der Waals surface area contributed by atoms with Crippen molar-refractivity contribution in [2.75, 3.05) is 41.4 Å². The highest BCUT2D eigenvalue weighted by Gasteiger charge is 2.56. The van der Waals surface area contributed by atoms with Crippen molar-refractivity contribution < 1.29 is 33.6 Å². The van der Waals surface area contributed by atoms with Gasteiger partial charge in [-0.3, -0.25) is 14.6 Å². The summed E-state index contributed by atoms with van der Waals surface area (Å²) in [5, 5.41) is 25.2. The molecule has 0 radical (unpaired) electrons. The Balaban J connectivity index is 1.60. The molecule has 1 saturated heterocycles. The minimum absolute atomic E-state index is 0.0464. The molecule has 0 spiro atoms. The largest absolute Gasteiger partial charge is 0.507 e. The van der Waals surface area contributed by atoms with E-state index in [4.69, 9.17) is 23.7 Å². The summed E-state index contributed by atoms with van der Waals surface area (Å²) in [6.45, 7) is 5.63. The Hall–Kier alpha value is -3.72. The molecule has 2 unspecified atom stereocenters. The fourth-order valence-corrected chi connectivity index (χ4v) is 7.52. The quantitative estimate of drug-likeness (QED) is 0.506. The maximum Gasteiger partial charge on any atom is 0.231 e. The number of nitriles is 1. The number of piperazine rings is 1. The third-order valence-corrected chi connectivity index (χ3v) is 9.14. The van der Waals surface area contributed by atoms with Crippen LogP contribution < -0.4 is 24.3 Å². The van der Waals surface area contributed by atoms with Gasteiger partial charge in [0.15, 0.2) is 29.8 Å². The number of carbonyl (C=O) groups is 1. The summed E-state index contributed by atoms with van der Waals surface area (Å²) >= 11 is 0. The first-order chi connectivity index (χ1) is 19.7. The molecule has 11 heteroatoms. The molecule has 41 heavy (non-hydrogen) atoms. The number of carbonyl (C=O) groups excluding carboxylic acids is 1. The van der Waals surface area contributed by atoms with E-state index in [0.29, 0.717) is 41.4 Å². The van der Waals surface area contributed by atoms with Gasteiger partial charge in [0.2, 0.25) is 12.7 Å². The first kappa shape index (κ1) is 27.4. The smallest absolute Gasteiger partial charge is 0.231 e. The molecule has 11 nitrogen and oxygen atoms in total. The van der Waals surface area contributed by atoms with E-state index < -0.39 is 12.1 Å². The van der Waals surface area contributed by atoms with E-state index in [-0.39, 0.29) is 49.9 Å². The SMILES string of the molecule is COCOc1c(OC)c(C)cc2c1[C@@H]1C3Cc4c(O)c(C)c5c(c4C(CNC(C)=O)N3[C@@H](C#N)[C@@H](C2)N1C)OCO5. The Bertz CT molecular complexity index is 1450. The zero-order valence-corrected chi connectivity index (χ0v) is 24.2. The summed E-state index contributed by atoms with van der Waals surface area (Å²) in [4.78, 5) is 16.7. The minimum atomic E-state index is -0.492. The van der Waals surface area contributed by atoms with Crippen LogP contribution in [0, 0.1) is 25.2 Å². The summed E-state index contributed by atoms with van der Waals surface area (Å²) in [6, 6.07) is 3.25. The summed E-state index contributed by atoms with van der Waals surface area (Å²) < 4.78 is 29.1. The van der Waals surface area contributed by atoms with Gasteiger partial charge in [-0.05, 0) is 44.9 Å². The van der Waals surface area contributed by atoms with E-state index >= 15 is 0 Å². The van der Waals surface area contributed by atoms with E-state index in [9.17, 15) is 15.2 Å². The van der Waals surface area contributed by atoms with Crippen LogP contribution in [0.25, 0.3) is 0 Å². The van der Waals surface area contributed by atoms with E-state index in [0.717, 1.165) is 27.8 Å². The molecule has 218 valence electrons. The lowest BCUT2D eigenvalue weighted by molar-refractivity contribution is -0.120. The molecule has 2 aromatic carbocycles. The number of phenols is 1. The molecular formula is C30H36N4O7. The van der Waals surface area contributed by atoms with E-state index in [1.165, 1.54) is 6.92 Å². The third-order valence-electron chi connectivity index (χ3n) is 9.14. The van der Waals surface area contributed by atoms with Crippen molar-refractivity contribution in [2.24, 2.45) is 0 Å². The lowest BCUT2D eigenvalue weighted by Gasteiger charge is -2.60. The van der Waals surface area contributed by atoms with Crippen LogP contribution in [0.1, 0.15) is 52.4 Å². The molecule has 0 saturated carbocycles. The zero-order valence-electron chi connectivity index (χ0n) is 24.2. The highest BCUT2D eigenvalue weighted by Crippen LogP contribution is 2.58. The Morgan fingerprint density at radius 2 is 1.93 bits per heavy atom. The van der Waals surface area contributed by atoms with Crippen LogP contribution in [0.15, 0.2) is 6.07 Å². The molecule has 4 aliphatic heterocycles. The van der Waals surface area contributed by atoms with Gasteiger partial charge < -0.3 is 34.1 Å². The molecule has 5 atom stereocenters. The molecule has 1 fully saturated rings. The number of fused-ring (bicyclic) bond motifs is 9. The highest BCUT2D eigenvalue weighted by atomic mass is 16.7. The lowest BCUT2D eigenvalue weighted by Crippen LogP contribution is -2.68. The van der Waals surface area contributed by atoms with Crippen LogP contribution >= 0.6 is 0 Å². The van der Waals surface area contributed by atoms with Gasteiger partial charge in [0.1, 0.15) is 11.8 Å². The minimum Gasteiger partial charge on any atom is -0.507 e. The van der Waals surface area contributed by atoms with Gasteiger partial charge in [-0.2, -0.15) is 5.26 Å². The van der Waals surface area contributed by atoms with Gasteiger partial charge in [-0.15, -0.1) is 0 Å². The Morgan fingerprint density at radius 3 is 2.61 bits per heavy atom. The summed E-state index contributed by atoms with van der Waals surface area (Å²) in [7, 11) is 5.26. The highest BCUT2D eigenvalue weighted by molar-refractivity contribution is 5.73. The predicted molar refractivity (Wildman–Crippen MR) is 147 cm³/mol. The van der Waals surface area contributed by atoms with Crippen LogP contribution in [0.3, 0.4) is 0 Å². The number of phenolic OH excluding ortho intramolecular Hbond substituents is 1. The van der Waals surface area contributed by atoms with Crippen molar-refractivity contribution in [3.05, 3.63) is 39.4 Å². The Morgan fingerprint density at radius 1 is 1.17 bits per heavy atom. The van der Waals surface area contributed by atoms with Gasteiger partial charge in [-0.1, -0.05) is 6.07 Å². The van der Waals surface area contributed by atoms with Crippen molar-refractivity contribution in [2.45, 2.75) is 63.8 Å². The number of hydrogen-bond acceptors (Lipinski definition) is 10. The van der Waals surface area contributed by atoms with Gasteiger partial charge in [0.25, 0.3) is 0 Å². The van der Waals surface area contributed by atoms with Crippen LogP contribution in [0.5, 0.6) is 28.7 Å². The zero-order chi connectivity index (χ0) is 29.2. The molecular weight excluding hydrogens is 528 g/mol. The second-order valence-electron chi connectivity index (χ2n) is 11.2. The first-order valence-corrected chi connectivity index (χ1v) is 13.8. The maximum atomic E-state index is 12.2. The summed E-state index contributed by atoms with van der Waals surface area (Å²) in [6.07, 6.45) is 1.09. The lowest BCUT2D eigenvalue weighted by atomic mass is 9.71. The number of likely N-dealkylation sites (N-methyl/N-ethyl adjacent to an activating group) is 1. The van der Waals surface area contributed by atoms with Crippen molar-refractivity contribution in [3.8, 4) is 34.8 Å². The molecule has 6 rings (SSSR count). The third kappa shape index (κ3) is 4.00. The van der Waals surface area contributed by atoms with Crippen molar-refractivity contribution in [1.29, 1.82) is 5.26 Å². The van der Waals surface area contributed by atoms with Crippen LogP contribution in [-0.4, -0.2) is 80.3 Å². The van der Waals surface area contributed by atoms with Crippen LogP contribution in [0.4, 0.5) is 0 Å². The van der Waals surface area contributed by atoms with Crippen molar-refractivity contribution >= 4 is 5.91 Å². The van der Waals surface area contributed by atoms with Crippen molar-refractivity contribution in [3.63, 3.8) is 0 Å².